The minimum Gasteiger partial charge on any atom is -0.395 e. The lowest BCUT2D eigenvalue weighted by molar-refractivity contribution is 0.283. The average Bonchev–Trinajstić information content (AvgIpc) is 2.08. The van der Waals surface area contributed by atoms with Gasteiger partial charge < -0.3 is 21.5 Å². The molecule has 0 rings (SSSR count). The van der Waals surface area contributed by atoms with Gasteiger partial charge in [-0.05, 0) is 20.5 Å². The van der Waals surface area contributed by atoms with Gasteiger partial charge in [-0.15, -0.1) is 0 Å². The van der Waals surface area contributed by atoms with Crippen LogP contribution in [-0.4, -0.2) is 44.9 Å². The zero-order valence-corrected chi connectivity index (χ0v) is 8.43. The highest BCUT2D eigenvalue weighted by atomic mass is 16.3. The summed E-state index contributed by atoms with van der Waals surface area (Å²) in [4.78, 5) is 0. The molecule has 0 aromatic rings. The van der Waals surface area contributed by atoms with E-state index in [0.717, 1.165) is 6.42 Å². The molecule has 4 heteroatoms. The minimum atomic E-state index is 0.191. The van der Waals surface area contributed by atoms with Gasteiger partial charge in [-0.25, -0.2) is 0 Å². The van der Waals surface area contributed by atoms with Gasteiger partial charge in [-0.1, -0.05) is 6.92 Å². The van der Waals surface area contributed by atoms with Crippen LogP contribution in [-0.2, 0) is 0 Å². The molecule has 0 fully saturated rings. The highest BCUT2D eigenvalue weighted by Crippen LogP contribution is 1.84. The summed E-state index contributed by atoms with van der Waals surface area (Å²) < 4.78 is 0. The number of aliphatic hydroxyl groups excluding tert-OH is 1. The van der Waals surface area contributed by atoms with Crippen molar-refractivity contribution in [2.75, 3.05) is 33.8 Å². The second kappa shape index (κ2) is 13.4. The Morgan fingerprint density at radius 2 is 1.92 bits per heavy atom. The molecule has 12 heavy (non-hydrogen) atoms. The van der Waals surface area contributed by atoms with Gasteiger partial charge >= 0.3 is 0 Å². The van der Waals surface area contributed by atoms with Crippen LogP contribution in [0.15, 0.2) is 0 Å². The van der Waals surface area contributed by atoms with E-state index in [9.17, 15) is 0 Å². The van der Waals surface area contributed by atoms with E-state index in [1.807, 2.05) is 14.1 Å². The number of aliphatic hydroxyl groups is 1. The van der Waals surface area contributed by atoms with Crippen LogP contribution in [0.2, 0.25) is 0 Å². The third kappa shape index (κ3) is 12.5. The molecule has 5 N–H and O–H groups in total. The fraction of sp³-hybridized carbons (Fsp3) is 1.00. The highest BCUT2D eigenvalue weighted by molar-refractivity contribution is 4.63. The van der Waals surface area contributed by atoms with E-state index in [2.05, 4.69) is 17.6 Å². The number of rotatable bonds is 5. The summed E-state index contributed by atoms with van der Waals surface area (Å²) in [6, 6.07) is 0.372. The Morgan fingerprint density at radius 1 is 1.42 bits per heavy atom. The monoisotopic (exact) mass is 177 g/mol. The molecule has 0 aliphatic carbocycles. The molecular formula is C8H23N3O. The van der Waals surface area contributed by atoms with Crippen molar-refractivity contribution >= 4 is 0 Å². The van der Waals surface area contributed by atoms with Gasteiger partial charge in [0.05, 0.1) is 6.61 Å². The fourth-order valence-corrected chi connectivity index (χ4v) is 0.663. The molecule has 0 aliphatic rings. The van der Waals surface area contributed by atoms with Crippen molar-refractivity contribution in [3.8, 4) is 0 Å². The second-order valence-corrected chi connectivity index (χ2v) is 2.52. The molecule has 0 saturated carbocycles. The summed E-state index contributed by atoms with van der Waals surface area (Å²) in [6.07, 6.45) is 1.02. The first-order valence-electron chi connectivity index (χ1n) is 4.39. The first kappa shape index (κ1) is 14.4. The molecular weight excluding hydrogens is 154 g/mol. The van der Waals surface area contributed by atoms with Crippen LogP contribution in [0.25, 0.3) is 0 Å². The Kier molecular flexibility index (Phi) is 16.1. The molecule has 0 spiro atoms. The third-order valence-electron chi connectivity index (χ3n) is 1.32. The molecule has 1 unspecified atom stereocenters. The van der Waals surface area contributed by atoms with Crippen LogP contribution in [0, 0.1) is 0 Å². The molecule has 0 radical (unpaired) electrons. The molecule has 76 valence electrons. The SMILES string of the molecule is CCC(CN)NCCO.CNC. The van der Waals surface area contributed by atoms with Crippen LogP contribution < -0.4 is 16.4 Å². The van der Waals surface area contributed by atoms with Crippen LogP contribution in [0.1, 0.15) is 13.3 Å². The maximum atomic E-state index is 8.40. The Hall–Kier alpha value is -0.160. The van der Waals surface area contributed by atoms with Crippen LogP contribution >= 0.6 is 0 Å². The van der Waals surface area contributed by atoms with Gasteiger partial charge in [0.15, 0.2) is 0 Å². The predicted molar refractivity (Wildman–Crippen MR) is 53.2 cm³/mol. The van der Waals surface area contributed by atoms with E-state index >= 15 is 0 Å². The average molecular weight is 177 g/mol. The molecule has 0 aliphatic heterocycles. The van der Waals surface area contributed by atoms with Crippen LogP contribution in [0.5, 0.6) is 0 Å². The van der Waals surface area contributed by atoms with Gasteiger partial charge in [0.25, 0.3) is 0 Å². The summed E-state index contributed by atoms with van der Waals surface area (Å²) >= 11 is 0. The maximum Gasteiger partial charge on any atom is 0.0556 e. The summed E-state index contributed by atoms with van der Waals surface area (Å²) in [5, 5.41) is 14.2. The van der Waals surface area contributed by atoms with Crippen molar-refractivity contribution in [3.63, 3.8) is 0 Å². The van der Waals surface area contributed by atoms with E-state index in [1.54, 1.807) is 0 Å². The van der Waals surface area contributed by atoms with E-state index in [0.29, 0.717) is 19.1 Å². The normalized spacial score (nSPS) is 11.8. The van der Waals surface area contributed by atoms with Crippen molar-refractivity contribution in [3.05, 3.63) is 0 Å². The maximum absolute atomic E-state index is 8.40. The second-order valence-electron chi connectivity index (χ2n) is 2.52. The number of nitrogens with one attached hydrogen (secondary N) is 2. The minimum absolute atomic E-state index is 0.191. The summed E-state index contributed by atoms with van der Waals surface area (Å²) in [7, 11) is 3.75. The Labute approximate surface area is 75.5 Å². The number of nitrogens with two attached hydrogens (primary N) is 1. The molecule has 0 heterocycles. The Morgan fingerprint density at radius 3 is 2.17 bits per heavy atom. The standard InChI is InChI=1S/C6H16N2O.C2H7N/c1-2-6(5-7)8-3-4-9;1-3-2/h6,8-9H,2-5,7H2,1H3;3H,1-2H3. The van der Waals surface area contributed by atoms with Gasteiger partial charge in [0, 0.05) is 19.1 Å². The predicted octanol–water partition coefficient (Wildman–Crippen LogP) is -0.859. The van der Waals surface area contributed by atoms with E-state index in [1.165, 1.54) is 0 Å². The molecule has 0 aromatic carbocycles. The van der Waals surface area contributed by atoms with Gasteiger partial charge in [-0.2, -0.15) is 0 Å². The van der Waals surface area contributed by atoms with Crippen LogP contribution in [0.4, 0.5) is 0 Å². The van der Waals surface area contributed by atoms with Gasteiger partial charge in [0.2, 0.25) is 0 Å². The van der Waals surface area contributed by atoms with E-state index in [-0.39, 0.29) is 6.61 Å². The molecule has 0 amide bonds. The first-order valence-corrected chi connectivity index (χ1v) is 4.39. The first-order chi connectivity index (χ1) is 5.76. The highest BCUT2D eigenvalue weighted by Gasteiger charge is 1.98. The smallest absolute Gasteiger partial charge is 0.0556 e. The van der Waals surface area contributed by atoms with E-state index in [4.69, 9.17) is 10.8 Å². The molecule has 1 atom stereocenters. The summed E-state index contributed by atoms with van der Waals surface area (Å²) in [5.74, 6) is 0. The lowest BCUT2D eigenvalue weighted by atomic mass is 10.2. The van der Waals surface area contributed by atoms with E-state index < -0.39 is 0 Å². The molecule has 0 aromatic heterocycles. The number of hydrogen-bond donors (Lipinski definition) is 4. The molecule has 0 bridgehead atoms. The van der Waals surface area contributed by atoms with Crippen molar-refractivity contribution in [2.45, 2.75) is 19.4 Å². The van der Waals surface area contributed by atoms with Crippen molar-refractivity contribution in [2.24, 2.45) is 5.73 Å². The molecule has 0 saturated heterocycles. The zero-order chi connectivity index (χ0) is 9.82. The fourth-order valence-electron chi connectivity index (χ4n) is 0.663. The Bertz CT molecular complexity index is 67.3. The third-order valence-corrected chi connectivity index (χ3v) is 1.32. The topological polar surface area (TPSA) is 70.3 Å². The van der Waals surface area contributed by atoms with Crippen molar-refractivity contribution in [1.29, 1.82) is 0 Å². The summed E-state index contributed by atoms with van der Waals surface area (Å²) in [5.41, 5.74) is 5.38. The number of hydrogen-bond acceptors (Lipinski definition) is 4. The zero-order valence-electron chi connectivity index (χ0n) is 8.43. The van der Waals surface area contributed by atoms with Crippen molar-refractivity contribution in [1.82, 2.24) is 10.6 Å². The van der Waals surface area contributed by atoms with Gasteiger partial charge in [-0.3, -0.25) is 0 Å². The van der Waals surface area contributed by atoms with Crippen LogP contribution in [0.3, 0.4) is 0 Å². The lowest BCUT2D eigenvalue weighted by Crippen LogP contribution is -2.36. The largest absolute Gasteiger partial charge is 0.395 e. The summed E-state index contributed by atoms with van der Waals surface area (Å²) in [6.45, 7) is 3.56. The lowest BCUT2D eigenvalue weighted by Gasteiger charge is -2.12. The Balaban J connectivity index is 0. The van der Waals surface area contributed by atoms with Crippen molar-refractivity contribution < 1.29 is 5.11 Å². The molecule has 4 nitrogen and oxygen atoms in total. The van der Waals surface area contributed by atoms with Gasteiger partial charge in [0.1, 0.15) is 0 Å². The quantitative estimate of drug-likeness (QED) is 0.441.